The number of nitrogens with zero attached hydrogens (tertiary/aromatic N) is 1. The van der Waals surface area contributed by atoms with Gasteiger partial charge in [0.05, 0.1) is 5.69 Å². The molecule has 0 fully saturated rings. The molecule has 0 aliphatic carbocycles. The van der Waals surface area contributed by atoms with Gasteiger partial charge in [-0.25, -0.2) is 0 Å². The molecule has 2 rings (SSSR count). The second-order valence-electron chi connectivity index (χ2n) is 4.11. The maximum absolute atomic E-state index is 9.86. The number of aromatic hydroxyl groups is 1. The van der Waals surface area contributed by atoms with Gasteiger partial charge in [0, 0.05) is 11.8 Å². The molecule has 0 unspecified atom stereocenters. The summed E-state index contributed by atoms with van der Waals surface area (Å²) in [7, 11) is 0. The van der Waals surface area contributed by atoms with Crippen LogP contribution < -0.4 is 0 Å². The molecule has 20 heavy (non-hydrogen) atoms. The topological polar surface area (TPSA) is 32.6 Å². The van der Waals surface area contributed by atoms with Crippen LogP contribution in [0.2, 0.25) is 0 Å². The van der Waals surface area contributed by atoms with E-state index in [4.69, 9.17) is 0 Å². The van der Waals surface area contributed by atoms with Gasteiger partial charge < -0.3 is 20.0 Å². The Hall–Kier alpha value is -1.38. The van der Waals surface area contributed by atoms with E-state index in [0.717, 1.165) is 22.4 Å². The van der Waals surface area contributed by atoms with Crippen LogP contribution in [0.25, 0.3) is 0 Å². The minimum atomic E-state index is 0. The van der Waals surface area contributed by atoms with Gasteiger partial charge in [0.1, 0.15) is 5.75 Å². The Bertz CT molecular complexity index is 527. The average molecular weight is 303 g/mol. The molecule has 0 aromatic heterocycles. The van der Waals surface area contributed by atoms with Crippen molar-refractivity contribution in [3.05, 3.63) is 74.0 Å². The van der Waals surface area contributed by atoms with Crippen molar-refractivity contribution in [3.8, 4) is 5.75 Å². The molecule has 0 aliphatic rings. The molecule has 0 spiro atoms. The zero-order chi connectivity index (χ0) is 12.3. The van der Waals surface area contributed by atoms with E-state index in [-0.39, 0.29) is 42.3 Å². The fourth-order valence-electron chi connectivity index (χ4n) is 1.78. The van der Waals surface area contributed by atoms with Crippen molar-refractivity contribution in [1.82, 2.24) is 0 Å². The van der Waals surface area contributed by atoms with Gasteiger partial charge in [-0.15, -0.1) is 0 Å². The number of rotatable bonds is 2. The molecule has 3 heteroatoms. The van der Waals surface area contributed by atoms with Gasteiger partial charge in [0.2, 0.25) is 0 Å². The second kappa shape index (κ2) is 9.52. The van der Waals surface area contributed by atoms with Gasteiger partial charge in [-0.2, -0.15) is 0 Å². The first-order chi connectivity index (χ1) is 8.16. The minimum Gasteiger partial charge on any atom is -0.507 e. The number of benzene rings is 2. The van der Waals surface area contributed by atoms with E-state index in [0.29, 0.717) is 0 Å². The predicted octanol–water partition coefficient (Wildman–Crippen LogP) is 4.66. The summed E-state index contributed by atoms with van der Waals surface area (Å²) >= 11 is 0. The Morgan fingerprint density at radius 2 is 1.60 bits per heavy atom. The third-order valence-electron chi connectivity index (χ3n) is 2.61. The number of hydrogen-bond acceptors (Lipinski definition) is 2. The molecule has 0 amide bonds. The molecule has 0 heterocycles. The van der Waals surface area contributed by atoms with E-state index < -0.39 is 0 Å². The first kappa shape index (κ1) is 20.9. The standard InChI is InChI=1S/C15H15NO.2CH3.Ti/c1-11-8-12(2)14(15(17)9-11)10-16-13-6-4-3-5-7-13;;;/h3-10,17H,1-2H3;2*1H3;/q;2*-1;+2. The van der Waals surface area contributed by atoms with Gasteiger partial charge in [0.15, 0.2) is 0 Å². The summed E-state index contributed by atoms with van der Waals surface area (Å²) in [6.45, 7) is 3.93. The van der Waals surface area contributed by atoms with Crippen LogP contribution >= 0.6 is 0 Å². The first-order valence-corrected chi connectivity index (χ1v) is 5.56. The van der Waals surface area contributed by atoms with Crippen LogP contribution in [-0.2, 0) is 21.7 Å². The van der Waals surface area contributed by atoms with Crippen LogP contribution in [0.1, 0.15) is 16.7 Å². The minimum absolute atomic E-state index is 0. The molecule has 2 aromatic rings. The number of para-hydroxylation sites is 1. The van der Waals surface area contributed by atoms with Crippen molar-refractivity contribution in [1.29, 1.82) is 0 Å². The summed E-state index contributed by atoms with van der Waals surface area (Å²) in [4.78, 5) is 4.34. The zero-order valence-electron chi connectivity index (χ0n) is 12.5. The molecule has 2 aromatic carbocycles. The number of phenolic OH excluding ortho intramolecular Hbond substituents is 1. The van der Waals surface area contributed by atoms with Gasteiger partial charge in [-0.05, 0) is 43.2 Å². The molecular formula is C17H21NOTi. The van der Waals surface area contributed by atoms with Gasteiger partial charge in [-0.3, -0.25) is 4.99 Å². The second-order valence-corrected chi connectivity index (χ2v) is 4.11. The molecule has 0 aliphatic heterocycles. The number of aliphatic imine (C=N–C) groups is 1. The largest absolute Gasteiger partial charge is 2.00 e. The molecule has 1 N–H and O–H groups in total. The normalized spacial score (nSPS) is 9.30. The molecule has 2 nitrogen and oxygen atoms in total. The third-order valence-corrected chi connectivity index (χ3v) is 2.61. The van der Waals surface area contributed by atoms with E-state index in [1.165, 1.54) is 0 Å². The van der Waals surface area contributed by atoms with Crippen LogP contribution in [-0.4, -0.2) is 11.3 Å². The van der Waals surface area contributed by atoms with Crippen molar-refractivity contribution in [3.63, 3.8) is 0 Å². The van der Waals surface area contributed by atoms with Crippen LogP contribution in [0.3, 0.4) is 0 Å². The molecule has 0 saturated heterocycles. The zero-order valence-corrected chi connectivity index (χ0v) is 14.1. The number of aryl methyl sites for hydroxylation is 2. The predicted molar refractivity (Wildman–Crippen MR) is 84.1 cm³/mol. The van der Waals surface area contributed by atoms with Crippen molar-refractivity contribution in [2.24, 2.45) is 4.99 Å². The van der Waals surface area contributed by atoms with Crippen molar-refractivity contribution < 1.29 is 26.8 Å². The Labute approximate surface area is 137 Å². The first-order valence-electron chi connectivity index (χ1n) is 5.56. The summed E-state index contributed by atoms with van der Waals surface area (Å²) in [5.74, 6) is 0.280. The molecule has 0 radical (unpaired) electrons. The van der Waals surface area contributed by atoms with Crippen LogP contribution in [0.5, 0.6) is 5.75 Å². The van der Waals surface area contributed by atoms with Crippen molar-refractivity contribution >= 4 is 11.9 Å². The molecule has 0 bridgehead atoms. The van der Waals surface area contributed by atoms with Crippen LogP contribution in [0.15, 0.2) is 47.5 Å². The van der Waals surface area contributed by atoms with Crippen LogP contribution in [0, 0.1) is 28.7 Å². The van der Waals surface area contributed by atoms with Crippen molar-refractivity contribution in [2.75, 3.05) is 0 Å². The SMILES string of the molecule is Cc1cc(C)c(C=Nc2ccccc2)c(O)c1.[CH3-].[CH3-].[Ti+2]. The smallest absolute Gasteiger partial charge is 0.507 e. The summed E-state index contributed by atoms with van der Waals surface area (Å²) in [6.07, 6.45) is 1.71. The maximum Gasteiger partial charge on any atom is 2.00 e. The van der Waals surface area contributed by atoms with Gasteiger partial charge >= 0.3 is 21.7 Å². The average Bonchev–Trinajstić information content (AvgIpc) is 2.29. The number of phenols is 1. The van der Waals surface area contributed by atoms with Crippen molar-refractivity contribution in [2.45, 2.75) is 13.8 Å². The van der Waals surface area contributed by atoms with Gasteiger partial charge in [-0.1, -0.05) is 24.3 Å². The molecule has 104 valence electrons. The van der Waals surface area contributed by atoms with E-state index in [9.17, 15) is 5.11 Å². The van der Waals surface area contributed by atoms with E-state index in [1.54, 1.807) is 12.3 Å². The molecular weight excluding hydrogens is 282 g/mol. The van der Waals surface area contributed by atoms with Crippen LogP contribution in [0.4, 0.5) is 5.69 Å². The Morgan fingerprint density at radius 1 is 1.00 bits per heavy atom. The Balaban J connectivity index is 0. The monoisotopic (exact) mass is 303 g/mol. The van der Waals surface area contributed by atoms with E-state index in [2.05, 4.69) is 4.99 Å². The Morgan fingerprint density at radius 3 is 2.15 bits per heavy atom. The Kier molecular flexibility index (Phi) is 9.96. The fourth-order valence-corrected chi connectivity index (χ4v) is 1.78. The fraction of sp³-hybridized carbons (Fsp3) is 0.118. The third kappa shape index (κ3) is 5.32. The van der Waals surface area contributed by atoms with Gasteiger partial charge in [0.25, 0.3) is 0 Å². The summed E-state index contributed by atoms with van der Waals surface area (Å²) in [6, 6.07) is 13.5. The number of hydrogen-bond donors (Lipinski definition) is 1. The van der Waals surface area contributed by atoms with E-state index in [1.807, 2.05) is 50.2 Å². The molecule has 0 saturated carbocycles. The summed E-state index contributed by atoms with van der Waals surface area (Å²) < 4.78 is 0. The molecule has 0 atom stereocenters. The van der Waals surface area contributed by atoms with E-state index >= 15 is 0 Å². The summed E-state index contributed by atoms with van der Waals surface area (Å²) in [5, 5.41) is 9.86. The quantitative estimate of drug-likeness (QED) is 0.488. The summed E-state index contributed by atoms with van der Waals surface area (Å²) in [5.41, 5.74) is 3.74. The maximum atomic E-state index is 9.86.